The zero-order valence-electron chi connectivity index (χ0n) is 10.2. The van der Waals surface area contributed by atoms with Crippen LogP contribution in [0.1, 0.15) is 40.0 Å². The summed E-state index contributed by atoms with van der Waals surface area (Å²) >= 11 is 0. The summed E-state index contributed by atoms with van der Waals surface area (Å²) in [5, 5.41) is 6.48. The molecule has 15 heavy (non-hydrogen) atoms. The van der Waals surface area contributed by atoms with Crippen molar-refractivity contribution in [1.82, 2.24) is 10.6 Å². The standard InChI is InChI=1S/C12H24N2O/c1-4-5-10(3)12(15)14-11-8-13-7-6-9(11)2/h9-11,13H,4-8H2,1-3H3,(H,14,15). The van der Waals surface area contributed by atoms with Gasteiger partial charge in [0.15, 0.2) is 0 Å². The van der Waals surface area contributed by atoms with Gasteiger partial charge in [-0.05, 0) is 25.3 Å². The van der Waals surface area contributed by atoms with Gasteiger partial charge in [-0.2, -0.15) is 0 Å². The third kappa shape index (κ3) is 3.82. The summed E-state index contributed by atoms with van der Waals surface area (Å²) in [6, 6.07) is 0.325. The summed E-state index contributed by atoms with van der Waals surface area (Å²) in [4.78, 5) is 11.8. The molecule has 0 saturated carbocycles. The summed E-state index contributed by atoms with van der Waals surface area (Å²) in [5.41, 5.74) is 0. The fourth-order valence-electron chi connectivity index (χ4n) is 2.07. The lowest BCUT2D eigenvalue weighted by Gasteiger charge is -2.31. The van der Waals surface area contributed by atoms with Crippen molar-refractivity contribution >= 4 is 5.91 Å². The number of hydrogen-bond acceptors (Lipinski definition) is 2. The maximum absolute atomic E-state index is 11.8. The molecular weight excluding hydrogens is 188 g/mol. The molecule has 1 heterocycles. The Hall–Kier alpha value is -0.570. The van der Waals surface area contributed by atoms with Crippen LogP contribution in [-0.2, 0) is 4.79 Å². The number of hydrogen-bond donors (Lipinski definition) is 2. The first kappa shape index (κ1) is 12.5. The fourth-order valence-corrected chi connectivity index (χ4v) is 2.07. The zero-order chi connectivity index (χ0) is 11.3. The monoisotopic (exact) mass is 212 g/mol. The van der Waals surface area contributed by atoms with Gasteiger partial charge in [-0.25, -0.2) is 0 Å². The van der Waals surface area contributed by atoms with Gasteiger partial charge in [0.25, 0.3) is 0 Å². The van der Waals surface area contributed by atoms with Crippen molar-refractivity contribution in [1.29, 1.82) is 0 Å². The Labute approximate surface area is 93.0 Å². The van der Waals surface area contributed by atoms with Crippen molar-refractivity contribution < 1.29 is 4.79 Å². The number of nitrogens with one attached hydrogen (secondary N) is 2. The summed E-state index contributed by atoms with van der Waals surface area (Å²) in [7, 11) is 0. The topological polar surface area (TPSA) is 41.1 Å². The molecule has 0 radical (unpaired) electrons. The molecule has 1 aliphatic rings. The van der Waals surface area contributed by atoms with E-state index in [-0.39, 0.29) is 11.8 Å². The average Bonchev–Trinajstić information content (AvgIpc) is 2.21. The molecule has 3 unspecified atom stereocenters. The first-order valence-corrected chi connectivity index (χ1v) is 6.16. The molecule has 1 rings (SSSR count). The lowest BCUT2D eigenvalue weighted by molar-refractivity contribution is -0.125. The van der Waals surface area contributed by atoms with Gasteiger partial charge in [0.2, 0.25) is 5.91 Å². The number of carbonyl (C=O) groups is 1. The molecule has 1 saturated heterocycles. The molecule has 1 amide bonds. The quantitative estimate of drug-likeness (QED) is 0.742. The second-order valence-electron chi connectivity index (χ2n) is 4.77. The maximum Gasteiger partial charge on any atom is 0.223 e. The Morgan fingerprint density at radius 2 is 2.33 bits per heavy atom. The lowest BCUT2D eigenvalue weighted by atomic mass is 9.94. The summed E-state index contributed by atoms with van der Waals surface area (Å²) in [5.74, 6) is 0.977. The molecule has 0 bridgehead atoms. The van der Waals surface area contributed by atoms with E-state index in [0.29, 0.717) is 12.0 Å². The van der Waals surface area contributed by atoms with Crippen LogP contribution >= 0.6 is 0 Å². The van der Waals surface area contributed by atoms with Gasteiger partial charge in [-0.3, -0.25) is 4.79 Å². The molecule has 3 nitrogen and oxygen atoms in total. The molecule has 88 valence electrons. The summed E-state index contributed by atoms with van der Waals surface area (Å²) < 4.78 is 0. The number of carbonyl (C=O) groups excluding carboxylic acids is 1. The van der Waals surface area contributed by atoms with Crippen molar-refractivity contribution in [3.05, 3.63) is 0 Å². The SMILES string of the molecule is CCCC(C)C(=O)NC1CNCCC1C. The molecule has 0 spiro atoms. The number of rotatable bonds is 4. The first-order valence-electron chi connectivity index (χ1n) is 6.16. The van der Waals surface area contributed by atoms with Gasteiger partial charge in [-0.15, -0.1) is 0 Å². The van der Waals surface area contributed by atoms with Gasteiger partial charge in [0, 0.05) is 18.5 Å². The second kappa shape index (κ2) is 6.11. The molecule has 2 N–H and O–H groups in total. The minimum Gasteiger partial charge on any atom is -0.352 e. The van der Waals surface area contributed by atoms with Crippen molar-refractivity contribution in [2.75, 3.05) is 13.1 Å². The summed E-state index contributed by atoms with van der Waals surface area (Å²) in [6.45, 7) is 8.36. The highest BCUT2D eigenvalue weighted by atomic mass is 16.1. The third-order valence-electron chi connectivity index (χ3n) is 3.32. The normalized spacial score (nSPS) is 28.5. The molecule has 1 aliphatic heterocycles. The maximum atomic E-state index is 11.8. The minimum atomic E-state index is 0.157. The van der Waals surface area contributed by atoms with E-state index >= 15 is 0 Å². The molecule has 0 aromatic carbocycles. The average molecular weight is 212 g/mol. The van der Waals surface area contributed by atoms with Crippen LogP contribution in [0, 0.1) is 11.8 Å². The van der Waals surface area contributed by atoms with E-state index in [4.69, 9.17) is 0 Å². The highest BCUT2D eigenvalue weighted by Crippen LogP contribution is 2.13. The Kier molecular flexibility index (Phi) is 5.09. The summed E-state index contributed by atoms with van der Waals surface area (Å²) in [6.07, 6.45) is 3.22. The Bertz CT molecular complexity index is 206. The van der Waals surface area contributed by atoms with Crippen LogP contribution in [0.2, 0.25) is 0 Å². The number of piperidine rings is 1. The van der Waals surface area contributed by atoms with Crippen molar-refractivity contribution in [2.24, 2.45) is 11.8 Å². The van der Waals surface area contributed by atoms with E-state index in [1.165, 1.54) is 0 Å². The highest BCUT2D eigenvalue weighted by Gasteiger charge is 2.24. The highest BCUT2D eigenvalue weighted by molar-refractivity contribution is 5.78. The lowest BCUT2D eigenvalue weighted by Crippen LogP contribution is -2.51. The van der Waals surface area contributed by atoms with Gasteiger partial charge in [0.1, 0.15) is 0 Å². The van der Waals surface area contributed by atoms with Crippen LogP contribution in [0.4, 0.5) is 0 Å². The largest absolute Gasteiger partial charge is 0.352 e. The Balaban J connectivity index is 2.35. The van der Waals surface area contributed by atoms with Crippen LogP contribution in [0.15, 0.2) is 0 Å². The predicted octanol–water partition coefficient (Wildman–Crippen LogP) is 1.54. The zero-order valence-corrected chi connectivity index (χ0v) is 10.2. The van der Waals surface area contributed by atoms with Crippen molar-refractivity contribution in [2.45, 2.75) is 46.1 Å². The van der Waals surface area contributed by atoms with E-state index in [9.17, 15) is 4.79 Å². The molecule has 0 aromatic rings. The number of amides is 1. The van der Waals surface area contributed by atoms with Crippen molar-refractivity contribution in [3.63, 3.8) is 0 Å². The fraction of sp³-hybridized carbons (Fsp3) is 0.917. The van der Waals surface area contributed by atoms with Crippen molar-refractivity contribution in [3.8, 4) is 0 Å². The van der Waals surface area contributed by atoms with E-state index in [0.717, 1.165) is 32.4 Å². The molecule has 0 aromatic heterocycles. The molecule has 3 heteroatoms. The van der Waals surface area contributed by atoms with Crippen LogP contribution < -0.4 is 10.6 Å². The van der Waals surface area contributed by atoms with Crippen LogP contribution in [0.25, 0.3) is 0 Å². The smallest absolute Gasteiger partial charge is 0.223 e. The van der Waals surface area contributed by atoms with Crippen LogP contribution in [0.3, 0.4) is 0 Å². The molecule has 1 fully saturated rings. The van der Waals surface area contributed by atoms with E-state index in [2.05, 4.69) is 24.5 Å². The Morgan fingerprint density at radius 1 is 1.60 bits per heavy atom. The molecule has 0 aliphatic carbocycles. The van der Waals surface area contributed by atoms with Crippen LogP contribution in [-0.4, -0.2) is 25.0 Å². The van der Waals surface area contributed by atoms with Gasteiger partial charge in [-0.1, -0.05) is 27.2 Å². The molecular formula is C12H24N2O. The van der Waals surface area contributed by atoms with E-state index in [1.54, 1.807) is 0 Å². The van der Waals surface area contributed by atoms with E-state index in [1.807, 2.05) is 6.92 Å². The Morgan fingerprint density at radius 3 is 2.93 bits per heavy atom. The molecule has 3 atom stereocenters. The first-order chi connectivity index (χ1) is 7.15. The van der Waals surface area contributed by atoms with Crippen LogP contribution in [0.5, 0.6) is 0 Å². The predicted molar refractivity (Wildman–Crippen MR) is 62.7 cm³/mol. The van der Waals surface area contributed by atoms with E-state index < -0.39 is 0 Å². The second-order valence-corrected chi connectivity index (χ2v) is 4.77. The third-order valence-corrected chi connectivity index (χ3v) is 3.32. The van der Waals surface area contributed by atoms with Gasteiger partial charge < -0.3 is 10.6 Å². The minimum absolute atomic E-state index is 0.157. The van der Waals surface area contributed by atoms with Gasteiger partial charge in [0.05, 0.1) is 0 Å². The van der Waals surface area contributed by atoms with Gasteiger partial charge >= 0.3 is 0 Å².